The monoisotopic (exact) mass is 490 g/mol. The third-order valence-corrected chi connectivity index (χ3v) is 5.73. The van der Waals surface area contributed by atoms with Gasteiger partial charge in [-0.25, -0.2) is 9.18 Å². The molecule has 182 valence electrons. The summed E-state index contributed by atoms with van der Waals surface area (Å²) in [5.41, 5.74) is -3.34. The summed E-state index contributed by atoms with van der Waals surface area (Å²) in [5.74, 6) is -4.44. The third-order valence-electron chi connectivity index (χ3n) is 5.73. The molecule has 3 aromatic rings. The molecule has 11 heteroatoms. The minimum Gasteiger partial charge on any atom is -0.459 e. The number of urea groups is 1. The highest BCUT2D eigenvalue weighted by molar-refractivity contribution is 6.00. The minimum atomic E-state index is -5.44. The van der Waals surface area contributed by atoms with Crippen molar-refractivity contribution in [2.45, 2.75) is 24.9 Å². The Balaban J connectivity index is 1.78. The Hall–Kier alpha value is -3.99. The predicted molar refractivity (Wildman–Crippen MR) is 114 cm³/mol. The van der Waals surface area contributed by atoms with Crippen molar-refractivity contribution >= 4 is 17.6 Å². The van der Waals surface area contributed by atoms with Crippen molar-refractivity contribution in [2.75, 3.05) is 0 Å². The first-order valence-corrected chi connectivity index (χ1v) is 10.3. The number of furan rings is 1. The van der Waals surface area contributed by atoms with E-state index in [1.807, 2.05) is 0 Å². The molecule has 35 heavy (non-hydrogen) atoms. The zero-order chi connectivity index (χ0) is 25.5. The van der Waals surface area contributed by atoms with Gasteiger partial charge in [0.15, 0.2) is 11.6 Å². The normalized spacial score (nSPS) is 22.3. The molecule has 0 saturated carbocycles. The number of aliphatic hydroxyl groups is 1. The van der Waals surface area contributed by atoms with E-state index in [9.17, 15) is 37.1 Å². The summed E-state index contributed by atoms with van der Waals surface area (Å²) in [7, 11) is 0. The first-order chi connectivity index (χ1) is 16.4. The SMILES string of the molecule is CC(=O)c1ccc(-c2ccc([C@@H]3NC(=O)N[C@@](O)(C(F)(F)F)[C@@H]3C(=O)c3ccc(F)cc3)o2)cc1. The van der Waals surface area contributed by atoms with Crippen LogP contribution in [0.3, 0.4) is 0 Å². The van der Waals surface area contributed by atoms with E-state index in [0.29, 0.717) is 11.1 Å². The molecule has 0 aliphatic carbocycles. The number of benzene rings is 2. The quantitative estimate of drug-likeness (QED) is 0.363. The Morgan fingerprint density at radius 1 is 0.971 bits per heavy atom. The highest BCUT2D eigenvalue weighted by Gasteiger charge is 2.66. The average Bonchev–Trinajstić information content (AvgIpc) is 3.28. The number of nitrogens with one attached hydrogen (secondary N) is 2. The number of alkyl halides is 3. The molecule has 3 atom stereocenters. The minimum absolute atomic E-state index is 0.164. The van der Waals surface area contributed by atoms with Gasteiger partial charge in [0.05, 0.1) is 0 Å². The van der Waals surface area contributed by atoms with Crippen LogP contribution in [-0.4, -0.2) is 34.6 Å². The molecule has 0 bridgehead atoms. The Morgan fingerprint density at radius 3 is 2.14 bits per heavy atom. The number of halogens is 4. The van der Waals surface area contributed by atoms with Gasteiger partial charge in [0.1, 0.15) is 29.3 Å². The Labute approximate surface area is 195 Å². The van der Waals surface area contributed by atoms with E-state index in [1.165, 1.54) is 36.5 Å². The molecule has 0 spiro atoms. The van der Waals surface area contributed by atoms with Crippen molar-refractivity contribution in [3.63, 3.8) is 0 Å². The summed E-state index contributed by atoms with van der Waals surface area (Å²) < 4.78 is 61.0. The van der Waals surface area contributed by atoms with Crippen LogP contribution in [0.4, 0.5) is 22.4 Å². The van der Waals surface area contributed by atoms with E-state index in [1.54, 1.807) is 12.1 Å². The highest BCUT2D eigenvalue weighted by Crippen LogP contribution is 2.44. The fraction of sp³-hybridized carbons (Fsp3) is 0.208. The molecule has 2 aromatic carbocycles. The summed E-state index contributed by atoms with van der Waals surface area (Å²) in [4.78, 5) is 36.8. The van der Waals surface area contributed by atoms with E-state index in [2.05, 4.69) is 5.32 Å². The van der Waals surface area contributed by atoms with Gasteiger partial charge < -0.3 is 20.2 Å². The molecule has 0 unspecified atom stereocenters. The van der Waals surface area contributed by atoms with Gasteiger partial charge in [-0.3, -0.25) is 9.59 Å². The van der Waals surface area contributed by atoms with Crippen molar-refractivity contribution in [2.24, 2.45) is 5.92 Å². The number of amides is 2. The van der Waals surface area contributed by atoms with Gasteiger partial charge in [0.25, 0.3) is 0 Å². The second-order valence-corrected chi connectivity index (χ2v) is 8.02. The van der Waals surface area contributed by atoms with Gasteiger partial charge in [-0.05, 0) is 43.3 Å². The maximum Gasteiger partial charge on any atom is 0.437 e. The number of carbonyl (C=O) groups excluding carboxylic acids is 3. The van der Waals surface area contributed by atoms with Crippen LogP contribution in [-0.2, 0) is 0 Å². The number of hydrogen-bond donors (Lipinski definition) is 3. The van der Waals surface area contributed by atoms with E-state index >= 15 is 0 Å². The zero-order valence-corrected chi connectivity index (χ0v) is 18.0. The van der Waals surface area contributed by atoms with Crippen LogP contribution in [0, 0.1) is 11.7 Å². The third kappa shape index (κ3) is 4.42. The molecule has 1 aliphatic heterocycles. The van der Waals surface area contributed by atoms with Crippen LogP contribution < -0.4 is 10.6 Å². The molecule has 3 N–H and O–H groups in total. The van der Waals surface area contributed by atoms with Crippen LogP contribution in [0.2, 0.25) is 0 Å². The first kappa shape index (κ1) is 24.1. The molecular weight excluding hydrogens is 472 g/mol. The average molecular weight is 490 g/mol. The topological polar surface area (TPSA) is 109 Å². The predicted octanol–water partition coefficient (Wildman–Crippen LogP) is 4.39. The van der Waals surface area contributed by atoms with Crippen LogP contribution in [0.25, 0.3) is 11.3 Å². The van der Waals surface area contributed by atoms with Gasteiger partial charge in [-0.2, -0.15) is 13.2 Å². The molecule has 2 amide bonds. The Morgan fingerprint density at radius 2 is 1.57 bits per heavy atom. The van der Waals surface area contributed by atoms with Gasteiger partial charge in [-0.15, -0.1) is 0 Å². The van der Waals surface area contributed by atoms with Crippen molar-refractivity contribution in [1.82, 2.24) is 10.6 Å². The summed E-state index contributed by atoms with van der Waals surface area (Å²) in [5, 5.41) is 14.2. The number of carbonyl (C=O) groups is 3. The molecule has 7 nitrogen and oxygen atoms in total. The lowest BCUT2D eigenvalue weighted by molar-refractivity contribution is -0.288. The van der Waals surface area contributed by atoms with E-state index in [0.717, 1.165) is 24.3 Å². The van der Waals surface area contributed by atoms with Crippen LogP contribution in [0.5, 0.6) is 0 Å². The van der Waals surface area contributed by atoms with Crippen molar-refractivity contribution < 1.29 is 41.5 Å². The maximum atomic E-state index is 14.0. The van der Waals surface area contributed by atoms with Gasteiger partial charge in [0, 0.05) is 16.7 Å². The van der Waals surface area contributed by atoms with Gasteiger partial charge in [-0.1, -0.05) is 24.3 Å². The van der Waals surface area contributed by atoms with Crippen LogP contribution in [0.15, 0.2) is 65.1 Å². The van der Waals surface area contributed by atoms with Crippen LogP contribution in [0.1, 0.15) is 39.4 Å². The number of Topliss-reactive ketones (excluding diaryl/α,β-unsaturated/α-hetero) is 2. The molecule has 1 fully saturated rings. The number of hydrogen-bond acceptors (Lipinski definition) is 5. The van der Waals surface area contributed by atoms with Crippen LogP contribution >= 0.6 is 0 Å². The summed E-state index contributed by atoms with van der Waals surface area (Å²) in [6.45, 7) is 1.39. The maximum absolute atomic E-state index is 14.0. The largest absolute Gasteiger partial charge is 0.459 e. The second kappa shape index (κ2) is 8.66. The van der Waals surface area contributed by atoms with E-state index in [4.69, 9.17) is 4.42 Å². The van der Waals surface area contributed by atoms with Crippen molar-refractivity contribution in [1.29, 1.82) is 0 Å². The summed E-state index contributed by atoms with van der Waals surface area (Å²) in [6.07, 6.45) is -5.44. The highest BCUT2D eigenvalue weighted by atomic mass is 19.4. The van der Waals surface area contributed by atoms with E-state index < -0.39 is 41.5 Å². The first-order valence-electron chi connectivity index (χ1n) is 10.3. The lowest BCUT2D eigenvalue weighted by atomic mass is 9.79. The number of rotatable bonds is 5. The zero-order valence-electron chi connectivity index (χ0n) is 18.0. The molecule has 4 rings (SSSR count). The Bertz CT molecular complexity index is 1280. The molecule has 1 aliphatic rings. The fourth-order valence-corrected chi connectivity index (χ4v) is 3.91. The standard InChI is InChI=1S/C24H18F4N2O5/c1-12(31)13-2-4-14(5-3-13)17-10-11-18(35-17)20-19(21(32)15-6-8-16(25)9-7-15)23(34,24(26,27)28)30-22(33)29-20/h2-11,19-20,34H,1H3,(H2,29,30,33)/t19-,20-,23-/m0/s1. The lowest BCUT2D eigenvalue weighted by Gasteiger charge is -2.44. The van der Waals surface area contributed by atoms with E-state index in [-0.39, 0.29) is 22.9 Å². The van der Waals surface area contributed by atoms with Crippen molar-refractivity contribution in [3.8, 4) is 11.3 Å². The van der Waals surface area contributed by atoms with Gasteiger partial charge in [0.2, 0.25) is 5.72 Å². The smallest absolute Gasteiger partial charge is 0.437 e. The summed E-state index contributed by atoms with van der Waals surface area (Å²) >= 11 is 0. The molecule has 1 saturated heterocycles. The van der Waals surface area contributed by atoms with Gasteiger partial charge >= 0.3 is 12.2 Å². The molecule has 1 aromatic heterocycles. The second-order valence-electron chi connectivity index (χ2n) is 8.02. The molecule has 2 heterocycles. The lowest BCUT2D eigenvalue weighted by Crippen LogP contribution is -2.72. The fourth-order valence-electron chi connectivity index (χ4n) is 3.91. The van der Waals surface area contributed by atoms with Crippen molar-refractivity contribution in [3.05, 3.63) is 83.4 Å². The Kier molecular flexibility index (Phi) is 5.97. The molecular formula is C24H18F4N2O5. The summed E-state index contributed by atoms with van der Waals surface area (Å²) in [6, 6.07) is 9.52. The number of ketones is 2. The molecule has 0 radical (unpaired) electrons.